The van der Waals surface area contributed by atoms with Crippen molar-refractivity contribution in [2.45, 2.75) is 20.4 Å². The Kier molecular flexibility index (Phi) is 5.73. The monoisotopic (exact) mass is 466 g/mol. The first-order valence-electron chi connectivity index (χ1n) is 11.0. The quantitative estimate of drug-likeness (QED) is 0.607. The van der Waals surface area contributed by atoms with Gasteiger partial charge in [-0.05, 0) is 31.5 Å². The molecule has 5 rings (SSSR count). The summed E-state index contributed by atoms with van der Waals surface area (Å²) in [6, 6.07) is 7.36. The molecule has 4 heterocycles. The number of benzene rings is 1. The Balaban J connectivity index is 1.20. The largest absolute Gasteiger partial charge is 0.323 e. The first-order chi connectivity index (χ1) is 15.9. The van der Waals surface area contributed by atoms with Crippen LogP contribution in [0.15, 0.2) is 29.1 Å². The Morgan fingerprint density at radius 2 is 1.82 bits per heavy atom. The molecule has 1 saturated heterocycles. The van der Waals surface area contributed by atoms with E-state index in [0.29, 0.717) is 23.4 Å². The molecule has 0 atom stereocenters. The third kappa shape index (κ3) is 4.29. The number of nitrogens with zero attached hydrogens (tertiary/aromatic N) is 4. The van der Waals surface area contributed by atoms with Gasteiger partial charge in [-0.1, -0.05) is 12.1 Å². The number of H-pyrrole nitrogens is 1. The summed E-state index contributed by atoms with van der Waals surface area (Å²) >= 11 is 1.56. The maximum absolute atomic E-state index is 13.0. The lowest BCUT2D eigenvalue weighted by Gasteiger charge is -2.36. The van der Waals surface area contributed by atoms with Crippen LogP contribution in [0, 0.1) is 13.8 Å². The summed E-state index contributed by atoms with van der Waals surface area (Å²) in [6.07, 6.45) is 0. The summed E-state index contributed by atoms with van der Waals surface area (Å²) in [7, 11) is 0. The fourth-order valence-corrected chi connectivity index (χ4v) is 5.47. The molecule has 9 nitrogen and oxygen atoms in total. The number of nitrogens with one attached hydrogen (secondary N) is 2. The number of fused-ring (bicyclic) bond motifs is 2. The van der Waals surface area contributed by atoms with E-state index in [1.807, 2.05) is 32.0 Å². The number of thiophene rings is 1. The number of amides is 2. The number of carbonyl (C=O) groups is 2. The lowest BCUT2D eigenvalue weighted by atomic mass is 10.2. The molecule has 172 valence electrons. The van der Waals surface area contributed by atoms with Gasteiger partial charge in [0.2, 0.25) is 11.8 Å². The second-order valence-corrected chi connectivity index (χ2v) is 9.78. The van der Waals surface area contributed by atoms with E-state index in [4.69, 9.17) is 0 Å². The van der Waals surface area contributed by atoms with Gasteiger partial charge in [0.1, 0.15) is 17.2 Å². The van der Waals surface area contributed by atoms with Crippen LogP contribution < -0.4 is 15.8 Å². The van der Waals surface area contributed by atoms with Crippen molar-refractivity contribution in [2.24, 2.45) is 0 Å². The number of aryl methyl sites for hydroxylation is 2. The highest BCUT2D eigenvalue weighted by Gasteiger charge is 2.28. The van der Waals surface area contributed by atoms with Crippen molar-refractivity contribution in [1.82, 2.24) is 19.8 Å². The Bertz CT molecular complexity index is 1290. The third-order valence-corrected chi connectivity index (χ3v) is 7.46. The SMILES string of the molecule is Cc1sc2nc(CN3CCN(CC(=O)N4CC(=O)Nc5ccccc54)CC3)[nH]c(=O)c2c1C. The molecule has 0 aliphatic carbocycles. The first-order valence-corrected chi connectivity index (χ1v) is 11.8. The fraction of sp³-hybridized carbons (Fsp3) is 0.391. The van der Waals surface area contributed by atoms with Gasteiger partial charge in [-0.25, -0.2) is 4.98 Å². The van der Waals surface area contributed by atoms with Gasteiger partial charge in [0.05, 0.1) is 29.9 Å². The summed E-state index contributed by atoms with van der Waals surface area (Å²) in [6.45, 7) is 7.86. The molecule has 33 heavy (non-hydrogen) atoms. The number of carbonyl (C=O) groups excluding carboxylic acids is 2. The molecule has 0 radical (unpaired) electrons. The predicted octanol–water partition coefficient (Wildman–Crippen LogP) is 1.70. The van der Waals surface area contributed by atoms with Crippen molar-refractivity contribution >= 4 is 44.7 Å². The third-order valence-electron chi connectivity index (χ3n) is 6.36. The van der Waals surface area contributed by atoms with Gasteiger partial charge in [0.25, 0.3) is 5.56 Å². The van der Waals surface area contributed by atoms with Crippen molar-refractivity contribution in [1.29, 1.82) is 0 Å². The van der Waals surface area contributed by atoms with Crippen LogP contribution in [0.25, 0.3) is 10.2 Å². The Hall–Kier alpha value is -3.08. The number of hydrogen-bond donors (Lipinski definition) is 2. The molecule has 2 aliphatic rings. The summed E-state index contributed by atoms with van der Waals surface area (Å²) in [4.78, 5) is 53.0. The molecule has 2 aromatic heterocycles. The zero-order valence-electron chi connectivity index (χ0n) is 18.7. The van der Waals surface area contributed by atoms with Crippen LogP contribution in [-0.2, 0) is 16.1 Å². The molecule has 0 saturated carbocycles. The van der Waals surface area contributed by atoms with Crippen molar-refractivity contribution < 1.29 is 9.59 Å². The van der Waals surface area contributed by atoms with Gasteiger partial charge in [-0.15, -0.1) is 11.3 Å². The Morgan fingerprint density at radius 3 is 2.61 bits per heavy atom. The molecule has 1 fully saturated rings. The second kappa shape index (κ2) is 8.69. The topological polar surface area (TPSA) is 102 Å². The molecule has 0 unspecified atom stereocenters. The molecule has 2 aliphatic heterocycles. The predicted molar refractivity (Wildman–Crippen MR) is 129 cm³/mol. The van der Waals surface area contributed by atoms with Crippen LogP contribution in [0.4, 0.5) is 11.4 Å². The van der Waals surface area contributed by atoms with Gasteiger partial charge in [-0.2, -0.15) is 0 Å². The number of aromatic amines is 1. The van der Waals surface area contributed by atoms with Gasteiger partial charge in [-0.3, -0.25) is 29.1 Å². The average molecular weight is 467 g/mol. The van der Waals surface area contributed by atoms with E-state index in [9.17, 15) is 14.4 Å². The summed E-state index contributed by atoms with van der Waals surface area (Å²) in [5, 5.41) is 3.51. The maximum Gasteiger partial charge on any atom is 0.259 e. The van der Waals surface area contributed by atoms with Crippen LogP contribution >= 0.6 is 11.3 Å². The van der Waals surface area contributed by atoms with Crippen LogP contribution in [0.1, 0.15) is 16.3 Å². The zero-order chi connectivity index (χ0) is 23.1. The molecule has 0 spiro atoms. The van der Waals surface area contributed by atoms with E-state index < -0.39 is 0 Å². The van der Waals surface area contributed by atoms with Crippen LogP contribution in [0.5, 0.6) is 0 Å². The molecule has 2 amide bonds. The number of rotatable bonds is 4. The Labute approximate surface area is 195 Å². The standard InChI is InChI=1S/C23H26N6O3S/c1-14-15(2)33-23-21(14)22(32)25-18(26-23)11-27-7-9-28(10-8-27)13-20(31)29-12-19(30)24-16-5-3-4-6-17(16)29/h3-6H,7-13H2,1-2H3,(H,24,30)(H,25,26,32). The van der Waals surface area contributed by atoms with E-state index in [2.05, 4.69) is 25.1 Å². The molecule has 10 heteroatoms. The number of para-hydroxylation sites is 2. The highest BCUT2D eigenvalue weighted by Crippen LogP contribution is 2.29. The smallest absolute Gasteiger partial charge is 0.259 e. The van der Waals surface area contributed by atoms with E-state index in [-0.39, 0.29) is 30.5 Å². The number of aromatic nitrogens is 2. The van der Waals surface area contributed by atoms with Gasteiger partial charge in [0, 0.05) is 31.1 Å². The number of piperazine rings is 1. The van der Waals surface area contributed by atoms with Crippen LogP contribution in [0.3, 0.4) is 0 Å². The molecular weight excluding hydrogens is 440 g/mol. The highest BCUT2D eigenvalue weighted by atomic mass is 32.1. The van der Waals surface area contributed by atoms with E-state index in [1.165, 1.54) is 0 Å². The fourth-order valence-electron chi connectivity index (χ4n) is 4.42. The van der Waals surface area contributed by atoms with E-state index in [1.54, 1.807) is 22.3 Å². The van der Waals surface area contributed by atoms with Gasteiger partial charge < -0.3 is 10.3 Å². The minimum Gasteiger partial charge on any atom is -0.323 e. The van der Waals surface area contributed by atoms with Gasteiger partial charge >= 0.3 is 0 Å². The molecular formula is C23H26N6O3S. The second-order valence-electron chi connectivity index (χ2n) is 8.57. The normalized spacial score (nSPS) is 17.3. The van der Waals surface area contributed by atoms with Crippen LogP contribution in [-0.4, -0.2) is 70.9 Å². The molecule has 3 aromatic rings. The lowest BCUT2D eigenvalue weighted by molar-refractivity contribution is -0.123. The molecule has 0 bridgehead atoms. The van der Waals surface area contributed by atoms with Crippen molar-refractivity contribution in [3.8, 4) is 0 Å². The first kappa shape index (κ1) is 21.7. The maximum atomic E-state index is 13.0. The lowest BCUT2D eigenvalue weighted by Crippen LogP contribution is -2.51. The zero-order valence-corrected chi connectivity index (χ0v) is 19.5. The molecule has 1 aromatic carbocycles. The molecule has 2 N–H and O–H groups in total. The van der Waals surface area contributed by atoms with Crippen LogP contribution in [0.2, 0.25) is 0 Å². The number of anilines is 2. The minimum atomic E-state index is -0.179. The summed E-state index contributed by atoms with van der Waals surface area (Å²) < 4.78 is 0. The summed E-state index contributed by atoms with van der Waals surface area (Å²) in [5.74, 6) is 0.418. The Morgan fingerprint density at radius 1 is 1.09 bits per heavy atom. The highest BCUT2D eigenvalue weighted by molar-refractivity contribution is 7.18. The van der Waals surface area contributed by atoms with E-state index >= 15 is 0 Å². The summed E-state index contributed by atoms with van der Waals surface area (Å²) in [5.41, 5.74) is 2.33. The van der Waals surface area contributed by atoms with E-state index in [0.717, 1.165) is 47.1 Å². The minimum absolute atomic E-state index is 0.0407. The number of hydrogen-bond acceptors (Lipinski definition) is 7. The van der Waals surface area contributed by atoms with Gasteiger partial charge in [0.15, 0.2) is 0 Å². The average Bonchev–Trinajstić information content (AvgIpc) is 3.08. The van der Waals surface area contributed by atoms with Crippen molar-refractivity contribution in [3.05, 3.63) is 50.9 Å². The van der Waals surface area contributed by atoms with Crippen molar-refractivity contribution in [2.75, 3.05) is 49.5 Å². The van der Waals surface area contributed by atoms with Crippen molar-refractivity contribution in [3.63, 3.8) is 0 Å².